The lowest BCUT2D eigenvalue weighted by Gasteiger charge is -2.57. The molecule has 0 aromatic heterocycles. The van der Waals surface area contributed by atoms with Crippen LogP contribution in [-0.2, 0) is 0 Å². The van der Waals surface area contributed by atoms with E-state index >= 15 is 0 Å². The highest BCUT2D eigenvalue weighted by Crippen LogP contribution is 2.60. The number of hydrogen-bond donors (Lipinski definition) is 0. The van der Waals surface area contributed by atoms with Gasteiger partial charge in [0.25, 0.3) is 0 Å². The zero-order chi connectivity index (χ0) is 30.5. The van der Waals surface area contributed by atoms with Gasteiger partial charge in [-0.15, -0.1) is 0 Å². The van der Waals surface area contributed by atoms with Gasteiger partial charge in [0.2, 0.25) is 0 Å². The van der Waals surface area contributed by atoms with Crippen LogP contribution in [-0.4, -0.2) is 0 Å². The molecule has 4 rings (SSSR count). The Morgan fingerprint density at radius 3 is 0.773 bits per heavy atom. The van der Waals surface area contributed by atoms with Crippen molar-refractivity contribution in [1.29, 1.82) is 0 Å². The summed E-state index contributed by atoms with van der Waals surface area (Å²) in [5.41, 5.74) is 0.618. The molecular weight excluding hydrogens is 528 g/mol. The first kappa shape index (κ1) is 36.8. The minimum absolute atomic E-state index is 0.618. The SMILES string of the molecule is CC(CC1CCCCCCCCC1)C(C1CCCCCCCCC1)(C1CCCCCCCCC1)C1CCCCCCCCC1. The van der Waals surface area contributed by atoms with Crippen LogP contribution in [0.3, 0.4) is 0 Å². The van der Waals surface area contributed by atoms with E-state index in [2.05, 4.69) is 6.92 Å². The average Bonchev–Trinajstić information content (AvgIpc) is 3.05. The molecule has 0 saturated heterocycles. The quantitative estimate of drug-likeness (QED) is 0.281. The molecule has 0 aromatic rings. The first-order valence-electron chi connectivity index (χ1n) is 21.8. The van der Waals surface area contributed by atoms with E-state index in [9.17, 15) is 0 Å². The highest BCUT2D eigenvalue weighted by molar-refractivity contribution is 5.01. The van der Waals surface area contributed by atoms with Gasteiger partial charge >= 0.3 is 0 Å². The molecule has 258 valence electrons. The minimum Gasteiger partial charge on any atom is -0.0619 e. The Morgan fingerprint density at radius 1 is 0.318 bits per heavy atom. The molecule has 0 heterocycles. The van der Waals surface area contributed by atoms with Crippen LogP contribution in [0.15, 0.2) is 0 Å². The van der Waals surface area contributed by atoms with Crippen molar-refractivity contribution in [3.63, 3.8) is 0 Å². The molecule has 0 bridgehead atoms. The van der Waals surface area contributed by atoms with Crippen molar-refractivity contribution in [1.82, 2.24) is 0 Å². The van der Waals surface area contributed by atoms with Gasteiger partial charge in [0.15, 0.2) is 0 Å². The molecule has 0 aliphatic heterocycles. The van der Waals surface area contributed by atoms with E-state index in [0.717, 1.165) is 29.6 Å². The van der Waals surface area contributed by atoms with Crippen molar-refractivity contribution < 1.29 is 0 Å². The van der Waals surface area contributed by atoms with Crippen molar-refractivity contribution in [2.75, 3.05) is 0 Å². The fourth-order valence-electron chi connectivity index (χ4n) is 12.0. The van der Waals surface area contributed by atoms with Crippen LogP contribution in [0.25, 0.3) is 0 Å². The Kier molecular flexibility index (Phi) is 18.9. The fourth-order valence-corrected chi connectivity index (χ4v) is 12.0. The predicted molar refractivity (Wildman–Crippen MR) is 196 cm³/mol. The Hall–Kier alpha value is 0. The van der Waals surface area contributed by atoms with Crippen LogP contribution in [0.4, 0.5) is 0 Å². The molecule has 0 radical (unpaired) electrons. The zero-order valence-electron chi connectivity index (χ0n) is 30.5. The van der Waals surface area contributed by atoms with E-state index in [1.54, 1.807) is 96.3 Å². The molecule has 1 unspecified atom stereocenters. The zero-order valence-corrected chi connectivity index (χ0v) is 30.5. The van der Waals surface area contributed by atoms with Crippen LogP contribution in [0.2, 0.25) is 0 Å². The Bertz CT molecular complexity index is 573. The third kappa shape index (κ3) is 12.2. The molecule has 0 heteroatoms. The summed E-state index contributed by atoms with van der Waals surface area (Å²) in [5.74, 6) is 4.98. The van der Waals surface area contributed by atoms with E-state index in [-0.39, 0.29) is 0 Å². The van der Waals surface area contributed by atoms with Crippen LogP contribution >= 0.6 is 0 Å². The van der Waals surface area contributed by atoms with Gasteiger partial charge in [-0.1, -0.05) is 200 Å². The second-order valence-corrected chi connectivity index (χ2v) is 17.3. The molecule has 0 amide bonds. The topological polar surface area (TPSA) is 0 Å². The predicted octanol–water partition coefficient (Wildman–Crippen LogP) is 15.6. The summed E-state index contributed by atoms with van der Waals surface area (Å²) in [5, 5.41) is 0. The van der Waals surface area contributed by atoms with Crippen molar-refractivity contribution in [2.45, 2.75) is 244 Å². The summed E-state index contributed by atoms with van der Waals surface area (Å²) >= 11 is 0. The van der Waals surface area contributed by atoms with E-state index in [4.69, 9.17) is 0 Å². The van der Waals surface area contributed by atoms with Crippen molar-refractivity contribution in [3.05, 3.63) is 0 Å². The van der Waals surface area contributed by atoms with Crippen LogP contribution in [0.1, 0.15) is 244 Å². The third-order valence-electron chi connectivity index (χ3n) is 14.2. The molecule has 0 N–H and O–H groups in total. The summed E-state index contributed by atoms with van der Waals surface area (Å²) in [7, 11) is 0. The molecule has 44 heavy (non-hydrogen) atoms. The maximum Gasteiger partial charge on any atom is -0.0187 e. The monoisotopic (exact) mass is 611 g/mol. The summed E-state index contributed by atoms with van der Waals surface area (Å²) in [6.07, 6.45) is 56.9. The molecule has 4 aliphatic carbocycles. The molecule has 4 saturated carbocycles. The molecule has 1 atom stereocenters. The average molecular weight is 611 g/mol. The largest absolute Gasteiger partial charge is 0.0619 e. The van der Waals surface area contributed by atoms with Gasteiger partial charge in [0, 0.05) is 0 Å². The lowest BCUT2D eigenvalue weighted by Crippen LogP contribution is -2.50. The summed E-state index contributed by atoms with van der Waals surface area (Å²) in [6, 6.07) is 0. The summed E-state index contributed by atoms with van der Waals surface area (Å²) in [4.78, 5) is 0. The van der Waals surface area contributed by atoms with E-state index < -0.39 is 0 Å². The molecule has 0 spiro atoms. The van der Waals surface area contributed by atoms with Gasteiger partial charge in [0.05, 0.1) is 0 Å². The second-order valence-electron chi connectivity index (χ2n) is 17.3. The summed E-state index contributed by atoms with van der Waals surface area (Å²) < 4.78 is 0. The van der Waals surface area contributed by atoms with Crippen LogP contribution in [0, 0.1) is 35.0 Å². The normalized spacial score (nSPS) is 27.2. The summed E-state index contributed by atoms with van der Waals surface area (Å²) in [6.45, 7) is 2.91. The second kappa shape index (κ2) is 22.5. The van der Waals surface area contributed by atoms with E-state index in [1.807, 2.05) is 0 Å². The third-order valence-corrected chi connectivity index (χ3v) is 14.2. The number of rotatable bonds is 6. The lowest BCUT2D eigenvalue weighted by atomic mass is 9.47. The van der Waals surface area contributed by atoms with Gasteiger partial charge in [-0.3, -0.25) is 0 Å². The van der Waals surface area contributed by atoms with Gasteiger partial charge in [0.1, 0.15) is 0 Å². The van der Waals surface area contributed by atoms with Gasteiger partial charge in [-0.2, -0.15) is 0 Å². The molecule has 4 fully saturated rings. The standard InChI is InChI=1S/C44H82/c1-39(38-40-30-22-14-6-2-7-15-23-31-40)44(41-32-24-16-8-3-9-17-25-33-41,42-34-26-18-10-4-11-19-27-35-42)43-36-28-20-12-5-13-21-29-37-43/h39-43H,2-38H2,1H3. The Balaban J connectivity index is 1.72. The molecule has 4 aliphatic rings. The van der Waals surface area contributed by atoms with E-state index in [0.29, 0.717) is 5.41 Å². The van der Waals surface area contributed by atoms with Crippen LogP contribution in [0.5, 0.6) is 0 Å². The first-order chi connectivity index (χ1) is 21.8. The van der Waals surface area contributed by atoms with Gasteiger partial charge in [-0.05, 0) is 80.0 Å². The van der Waals surface area contributed by atoms with Crippen molar-refractivity contribution >= 4 is 0 Å². The maximum atomic E-state index is 2.91. The Morgan fingerprint density at radius 2 is 0.523 bits per heavy atom. The van der Waals surface area contributed by atoms with Gasteiger partial charge < -0.3 is 0 Å². The molecule has 0 aromatic carbocycles. The highest BCUT2D eigenvalue weighted by Gasteiger charge is 2.52. The van der Waals surface area contributed by atoms with Gasteiger partial charge in [-0.25, -0.2) is 0 Å². The molecular formula is C44H82. The van der Waals surface area contributed by atoms with Crippen molar-refractivity contribution in [3.8, 4) is 0 Å². The van der Waals surface area contributed by atoms with E-state index in [1.165, 1.54) is 141 Å². The number of hydrogen-bond acceptors (Lipinski definition) is 0. The van der Waals surface area contributed by atoms with Crippen molar-refractivity contribution in [2.24, 2.45) is 35.0 Å². The molecule has 0 nitrogen and oxygen atoms in total. The Labute approximate surface area is 278 Å². The lowest BCUT2D eigenvalue weighted by molar-refractivity contribution is -0.0862. The fraction of sp³-hybridized carbons (Fsp3) is 1.00. The van der Waals surface area contributed by atoms with Crippen LogP contribution < -0.4 is 0 Å². The highest BCUT2D eigenvalue weighted by atomic mass is 14.6. The smallest absolute Gasteiger partial charge is 0.0187 e. The first-order valence-corrected chi connectivity index (χ1v) is 21.8. The minimum atomic E-state index is 0.618. The maximum absolute atomic E-state index is 2.91.